The van der Waals surface area contributed by atoms with Gasteiger partial charge in [0.05, 0.1) is 4.90 Å². The Hall–Kier alpha value is -0.860. The maximum Gasteiger partial charge on any atom is 0.303 e. The summed E-state index contributed by atoms with van der Waals surface area (Å²) in [5, 5.41) is 9.11. The molecule has 1 saturated heterocycles. The number of halogens is 2. The Morgan fingerprint density at radius 2 is 1.67 bits per heavy atom. The fraction of sp³-hybridized carbons (Fsp3) is 0.533. The van der Waals surface area contributed by atoms with Gasteiger partial charge in [-0.25, -0.2) is 8.42 Å². The van der Waals surface area contributed by atoms with Crippen LogP contribution < -0.4 is 0 Å². The number of unbranched alkanes of at least 4 members (excludes halogenated alkanes) is 1. The second-order valence-electron chi connectivity index (χ2n) is 5.55. The van der Waals surface area contributed by atoms with Crippen molar-refractivity contribution in [1.82, 2.24) is 9.21 Å². The number of hydrogen-bond acceptors (Lipinski definition) is 4. The molecule has 2 rings (SSSR count). The first-order valence-electron chi connectivity index (χ1n) is 7.59. The summed E-state index contributed by atoms with van der Waals surface area (Å²) in [7, 11) is -3.47. The molecule has 0 unspecified atom stereocenters. The quantitative estimate of drug-likeness (QED) is 0.715. The van der Waals surface area contributed by atoms with Gasteiger partial charge in [-0.15, -0.1) is 12.4 Å². The van der Waals surface area contributed by atoms with Gasteiger partial charge in [-0.3, -0.25) is 4.79 Å². The number of sulfonamides is 1. The molecule has 24 heavy (non-hydrogen) atoms. The lowest BCUT2D eigenvalue weighted by molar-refractivity contribution is -0.137. The number of piperazine rings is 1. The number of carboxylic acid groups (broad SMARTS) is 1. The van der Waals surface area contributed by atoms with Crippen molar-refractivity contribution in [3.63, 3.8) is 0 Å². The van der Waals surface area contributed by atoms with E-state index in [1.807, 2.05) is 0 Å². The van der Waals surface area contributed by atoms with E-state index >= 15 is 0 Å². The molecule has 0 radical (unpaired) electrons. The number of carbonyl (C=O) groups is 1. The molecule has 0 aromatic heterocycles. The molecule has 0 atom stereocenters. The molecule has 1 fully saturated rings. The highest BCUT2D eigenvalue weighted by atomic mass is 35.5. The zero-order valence-corrected chi connectivity index (χ0v) is 15.6. The smallest absolute Gasteiger partial charge is 0.303 e. The SMILES string of the molecule is Cl.O=C(O)CCCCN1CCN(S(=O)(=O)c2ccc(Cl)cc2)CC1. The van der Waals surface area contributed by atoms with Gasteiger partial charge in [0.2, 0.25) is 10.0 Å². The molecule has 1 heterocycles. The van der Waals surface area contributed by atoms with Crippen molar-refractivity contribution in [3.8, 4) is 0 Å². The highest BCUT2D eigenvalue weighted by Crippen LogP contribution is 2.20. The van der Waals surface area contributed by atoms with Crippen molar-refractivity contribution in [3.05, 3.63) is 29.3 Å². The highest BCUT2D eigenvalue weighted by molar-refractivity contribution is 7.89. The standard InChI is InChI=1S/C15H21ClN2O4S.ClH/c16-13-4-6-14(7-5-13)23(21,22)18-11-9-17(10-12-18)8-2-1-3-15(19)20;/h4-7H,1-3,8-12H2,(H,19,20);1H. The summed E-state index contributed by atoms with van der Waals surface area (Å²) in [6.07, 6.45) is 1.65. The van der Waals surface area contributed by atoms with Crippen LogP contribution in [0.1, 0.15) is 19.3 Å². The van der Waals surface area contributed by atoms with Crippen molar-refractivity contribution in [2.75, 3.05) is 32.7 Å². The second-order valence-corrected chi connectivity index (χ2v) is 7.92. The zero-order valence-electron chi connectivity index (χ0n) is 13.2. The number of carboxylic acids is 1. The van der Waals surface area contributed by atoms with Gasteiger partial charge < -0.3 is 10.0 Å². The van der Waals surface area contributed by atoms with Crippen LogP contribution in [0.4, 0.5) is 0 Å². The van der Waals surface area contributed by atoms with Crippen molar-refractivity contribution in [2.24, 2.45) is 0 Å². The van der Waals surface area contributed by atoms with E-state index in [0.717, 1.165) is 13.0 Å². The second kappa shape index (κ2) is 9.58. The maximum absolute atomic E-state index is 12.5. The molecule has 1 aliphatic heterocycles. The van der Waals surface area contributed by atoms with Gasteiger partial charge in [-0.05, 0) is 43.7 Å². The van der Waals surface area contributed by atoms with Crippen molar-refractivity contribution < 1.29 is 18.3 Å². The summed E-state index contributed by atoms with van der Waals surface area (Å²) in [5.41, 5.74) is 0. The van der Waals surface area contributed by atoms with Crippen molar-refractivity contribution in [2.45, 2.75) is 24.2 Å². The Kier molecular flexibility index (Phi) is 8.45. The first-order valence-corrected chi connectivity index (χ1v) is 9.41. The van der Waals surface area contributed by atoms with Gasteiger partial charge in [0, 0.05) is 37.6 Å². The molecule has 1 aliphatic rings. The molecule has 1 N–H and O–H groups in total. The van der Waals surface area contributed by atoms with Gasteiger partial charge in [-0.1, -0.05) is 11.6 Å². The summed E-state index contributed by atoms with van der Waals surface area (Å²) >= 11 is 5.79. The monoisotopic (exact) mass is 396 g/mol. The summed E-state index contributed by atoms with van der Waals surface area (Å²) in [6.45, 7) is 3.04. The molecule has 6 nitrogen and oxygen atoms in total. The lowest BCUT2D eigenvalue weighted by Crippen LogP contribution is -2.48. The van der Waals surface area contributed by atoms with Gasteiger partial charge in [0.25, 0.3) is 0 Å². The molecule has 0 saturated carbocycles. The lowest BCUT2D eigenvalue weighted by Gasteiger charge is -2.34. The van der Waals surface area contributed by atoms with E-state index in [1.54, 1.807) is 12.1 Å². The molecule has 136 valence electrons. The molecule has 0 spiro atoms. The summed E-state index contributed by atoms with van der Waals surface area (Å²) in [4.78, 5) is 12.9. The van der Waals surface area contributed by atoms with Crippen LogP contribution in [0.3, 0.4) is 0 Å². The number of aliphatic carboxylic acids is 1. The van der Waals surface area contributed by atoms with E-state index in [9.17, 15) is 13.2 Å². The Balaban J connectivity index is 0.00000288. The molecular weight excluding hydrogens is 375 g/mol. The molecule has 0 bridgehead atoms. The number of benzene rings is 1. The van der Waals surface area contributed by atoms with Gasteiger partial charge in [0.15, 0.2) is 0 Å². The third-order valence-corrected chi connectivity index (χ3v) is 6.06. The Bertz CT molecular complexity index is 629. The van der Waals surface area contributed by atoms with E-state index in [-0.39, 0.29) is 23.7 Å². The third-order valence-electron chi connectivity index (χ3n) is 3.90. The average Bonchev–Trinajstić information content (AvgIpc) is 2.52. The van der Waals surface area contributed by atoms with Gasteiger partial charge in [-0.2, -0.15) is 4.31 Å². The predicted molar refractivity (Wildman–Crippen MR) is 95.4 cm³/mol. The maximum atomic E-state index is 12.5. The van der Waals surface area contributed by atoms with Crippen LogP contribution in [0, 0.1) is 0 Å². The molecule has 1 aromatic rings. The third kappa shape index (κ3) is 5.89. The summed E-state index contributed by atoms with van der Waals surface area (Å²) < 4.78 is 26.6. The van der Waals surface area contributed by atoms with Crippen LogP contribution >= 0.6 is 24.0 Å². The van der Waals surface area contributed by atoms with Crippen LogP contribution in [0.15, 0.2) is 29.2 Å². The minimum absolute atomic E-state index is 0. The van der Waals surface area contributed by atoms with Gasteiger partial charge in [0.1, 0.15) is 0 Å². The van der Waals surface area contributed by atoms with Crippen LogP contribution in [0.2, 0.25) is 5.02 Å². The van der Waals surface area contributed by atoms with E-state index in [1.165, 1.54) is 16.4 Å². The van der Waals surface area contributed by atoms with Crippen LogP contribution in [0.25, 0.3) is 0 Å². The number of rotatable bonds is 7. The summed E-state index contributed by atoms with van der Waals surface area (Å²) in [6, 6.07) is 6.20. The van der Waals surface area contributed by atoms with Crippen LogP contribution in [0.5, 0.6) is 0 Å². The summed E-state index contributed by atoms with van der Waals surface area (Å²) in [5.74, 6) is -0.774. The van der Waals surface area contributed by atoms with Crippen molar-refractivity contribution >= 4 is 40.0 Å². The van der Waals surface area contributed by atoms with E-state index < -0.39 is 16.0 Å². The highest BCUT2D eigenvalue weighted by Gasteiger charge is 2.28. The van der Waals surface area contributed by atoms with Crippen LogP contribution in [-0.4, -0.2) is 61.4 Å². The van der Waals surface area contributed by atoms with Gasteiger partial charge >= 0.3 is 5.97 Å². The van der Waals surface area contributed by atoms with E-state index in [2.05, 4.69) is 4.90 Å². The largest absolute Gasteiger partial charge is 0.481 e. The first kappa shape index (κ1) is 21.2. The zero-order chi connectivity index (χ0) is 16.9. The lowest BCUT2D eigenvalue weighted by atomic mass is 10.2. The number of nitrogens with zero attached hydrogens (tertiary/aromatic N) is 2. The average molecular weight is 397 g/mol. The Labute approximate surface area is 153 Å². The van der Waals surface area contributed by atoms with Crippen molar-refractivity contribution in [1.29, 1.82) is 0 Å². The fourth-order valence-corrected chi connectivity index (χ4v) is 4.11. The van der Waals surface area contributed by atoms with E-state index in [4.69, 9.17) is 16.7 Å². The normalized spacial score (nSPS) is 16.5. The molecular formula is C15H22Cl2N2O4S. The molecule has 1 aromatic carbocycles. The predicted octanol–water partition coefficient (Wildman–Crippen LogP) is 2.32. The Morgan fingerprint density at radius 3 is 2.21 bits per heavy atom. The Morgan fingerprint density at radius 1 is 1.08 bits per heavy atom. The van der Waals surface area contributed by atoms with Crippen LogP contribution in [-0.2, 0) is 14.8 Å². The minimum atomic E-state index is -3.47. The van der Waals surface area contributed by atoms with E-state index in [0.29, 0.717) is 37.6 Å². The number of hydrogen-bond donors (Lipinski definition) is 1. The first-order chi connectivity index (χ1) is 10.9. The molecule has 0 amide bonds. The molecule has 0 aliphatic carbocycles. The minimum Gasteiger partial charge on any atom is -0.481 e. The fourth-order valence-electron chi connectivity index (χ4n) is 2.56. The molecule has 9 heteroatoms. The topological polar surface area (TPSA) is 77.9 Å².